The second-order valence-corrected chi connectivity index (χ2v) is 5.76. The molecule has 1 amide bonds. The van der Waals surface area contributed by atoms with Gasteiger partial charge in [-0.05, 0) is 17.8 Å². The summed E-state index contributed by atoms with van der Waals surface area (Å²) in [5.74, 6) is -1.46. The zero-order valence-corrected chi connectivity index (χ0v) is 14.1. The quantitative estimate of drug-likeness (QED) is 0.271. The summed E-state index contributed by atoms with van der Waals surface area (Å²) in [6.45, 7) is 0. The Morgan fingerprint density at radius 1 is 1.41 bits per heavy atom. The van der Waals surface area contributed by atoms with E-state index >= 15 is 0 Å². The number of ether oxygens (including phenoxy) is 1. The van der Waals surface area contributed by atoms with Gasteiger partial charge in [0, 0.05) is 12.1 Å². The van der Waals surface area contributed by atoms with Gasteiger partial charge in [-0.25, -0.2) is 4.79 Å². The number of methoxy groups -OCH3 is 1. The molecule has 1 heterocycles. The van der Waals surface area contributed by atoms with Crippen LogP contribution in [-0.4, -0.2) is 35.3 Å². The number of amidine groups is 1. The number of nitro benzene ring substituents is 1. The minimum Gasteiger partial charge on any atom is -0.466 e. The summed E-state index contributed by atoms with van der Waals surface area (Å²) < 4.78 is 43.5. The van der Waals surface area contributed by atoms with Crippen molar-refractivity contribution in [1.29, 1.82) is 0 Å². The van der Waals surface area contributed by atoms with Gasteiger partial charge < -0.3 is 4.74 Å². The van der Waals surface area contributed by atoms with Gasteiger partial charge in [0.2, 0.25) is 0 Å². The van der Waals surface area contributed by atoms with E-state index in [-0.39, 0.29) is 10.1 Å². The molecular formula is C14H9F3N4O5S. The second-order valence-electron chi connectivity index (χ2n) is 4.73. The Morgan fingerprint density at radius 2 is 2.11 bits per heavy atom. The lowest BCUT2D eigenvalue weighted by Crippen LogP contribution is -2.19. The van der Waals surface area contributed by atoms with Crippen LogP contribution in [0.5, 0.6) is 0 Å². The first-order valence-electron chi connectivity index (χ1n) is 6.88. The van der Waals surface area contributed by atoms with Crippen LogP contribution in [0, 0.1) is 10.1 Å². The number of carbonyl (C=O) groups is 2. The van der Waals surface area contributed by atoms with E-state index in [0.29, 0.717) is 24.0 Å². The van der Waals surface area contributed by atoms with Gasteiger partial charge in [0.1, 0.15) is 0 Å². The Kier molecular flexibility index (Phi) is 5.95. The molecular weight excluding hydrogens is 393 g/mol. The van der Waals surface area contributed by atoms with E-state index in [0.717, 1.165) is 25.3 Å². The molecule has 1 fully saturated rings. The highest BCUT2D eigenvalue weighted by atomic mass is 32.2. The molecule has 9 nitrogen and oxygen atoms in total. The van der Waals surface area contributed by atoms with Gasteiger partial charge in [-0.2, -0.15) is 18.3 Å². The number of carbonyl (C=O) groups excluding carboxylic acids is 2. The number of esters is 1. The van der Waals surface area contributed by atoms with E-state index in [1.807, 2.05) is 0 Å². The molecule has 0 bridgehead atoms. The Balaban J connectivity index is 2.33. The molecule has 1 N–H and O–H groups in total. The van der Waals surface area contributed by atoms with Crippen LogP contribution in [0.1, 0.15) is 11.1 Å². The normalized spacial score (nSPS) is 17.6. The molecule has 2 rings (SSSR count). The molecule has 13 heteroatoms. The monoisotopic (exact) mass is 402 g/mol. The molecule has 0 unspecified atom stereocenters. The number of nitrogens with one attached hydrogen (secondary N) is 1. The average molecular weight is 402 g/mol. The maximum atomic E-state index is 13.0. The lowest BCUT2D eigenvalue weighted by molar-refractivity contribution is -0.385. The van der Waals surface area contributed by atoms with Crippen LogP contribution < -0.4 is 5.32 Å². The number of rotatable bonds is 4. The van der Waals surface area contributed by atoms with Crippen LogP contribution in [0.3, 0.4) is 0 Å². The molecule has 142 valence electrons. The summed E-state index contributed by atoms with van der Waals surface area (Å²) in [6.07, 6.45) is -3.37. The van der Waals surface area contributed by atoms with Crippen LogP contribution in [0.2, 0.25) is 0 Å². The maximum Gasteiger partial charge on any atom is 0.417 e. The first-order chi connectivity index (χ1) is 12.6. The van der Waals surface area contributed by atoms with Crippen molar-refractivity contribution in [2.24, 2.45) is 10.2 Å². The Hall–Kier alpha value is -3.22. The molecule has 27 heavy (non-hydrogen) atoms. The predicted octanol–water partition coefficient (Wildman–Crippen LogP) is 2.22. The summed E-state index contributed by atoms with van der Waals surface area (Å²) in [6, 6.07) is 2.47. The number of benzene rings is 1. The first-order valence-corrected chi connectivity index (χ1v) is 7.69. The molecule has 0 atom stereocenters. The van der Waals surface area contributed by atoms with E-state index in [9.17, 15) is 32.9 Å². The smallest absolute Gasteiger partial charge is 0.417 e. The number of thioether (sulfide) groups is 1. The van der Waals surface area contributed by atoms with Gasteiger partial charge in [-0.1, -0.05) is 6.07 Å². The van der Waals surface area contributed by atoms with Crippen LogP contribution in [0.25, 0.3) is 0 Å². The van der Waals surface area contributed by atoms with Crippen molar-refractivity contribution < 1.29 is 32.4 Å². The van der Waals surface area contributed by atoms with Gasteiger partial charge >= 0.3 is 12.1 Å². The third-order valence-corrected chi connectivity index (χ3v) is 3.92. The van der Waals surface area contributed by atoms with Crippen LogP contribution in [0.15, 0.2) is 39.4 Å². The number of hydrogen-bond donors (Lipinski definition) is 1. The zero-order chi connectivity index (χ0) is 20.2. The first kappa shape index (κ1) is 20.1. The van der Waals surface area contributed by atoms with E-state index < -0.39 is 39.8 Å². The van der Waals surface area contributed by atoms with E-state index in [1.165, 1.54) is 0 Å². The summed E-state index contributed by atoms with van der Waals surface area (Å²) in [7, 11) is 1.11. The van der Waals surface area contributed by atoms with Gasteiger partial charge in [-0.3, -0.25) is 20.2 Å². The molecule has 0 aliphatic carbocycles. The maximum absolute atomic E-state index is 13.0. The summed E-state index contributed by atoms with van der Waals surface area (Å²) in [4.78, 5) is 32.7. The zero-order valence-electron chi connectivity index (χ0n) is 13.3. The molecule has 0 aromatic heterocycles. The van der Waals surface area contributed by atoms with Crippen molar-refractivity contribution in [3.8, 4) is 0 Å². The summed E-state index contributed by atoms with van der Waals surface area (Å²) in [5.41, 5.74) is -2.84. The standard InChI is InChI=1S/C14H9F3N4O5S/c1-26-11(22)5-10-12(23)19-13(27-10)20-18-6-7-8(14(15,16)17)3-2-4-9(7)21(24)25/h2-6H,1H3,(H,19,20,23)/b10-5+,18-6?. The van der Waals surface area contributed by atoms with Crippen molar-refractivity contribution in [2.45, 2.75) is 6.18 Å². The number of nitro groups is 1. The lowest BCUT2D eigenvalue weighted by Gasteiger charge is -2.09. The fraction of sp³-hybridized carbons (Fsp3) is 0.143. The number of nitrogens with zero attached hydrogens (tertiary/aromatic N) is 3. The van der Waals surface area contributed by atoms with Gasteiger partial charge in [0.15, 0.2) is 5.17 Å². The lowest BCUT2D eigenvalue weighted by atomic mass is 10.1. The van der Waals surface area contributed by atoms with E-state index in [1.54, 1.807) is 0 Å². The molecule has 1 aromatic carbocycles. The van der Waals surface area contributed by atoms with E-state index in [2.05, 4.69) is 20.3 Å². The van der Waals surface area contributed by atoms with Gasteiger partial charge in [0.05, 0.1) is 34.3 Å². The minimum atomic E-state index is -4.84. The summed E-state index contributed by atoms with van der Waals surface area (Å²) >= 11 is 0.698. The predicted molar refractivity (Wildman–Crippen MR) is 89.0 cm³/mol. The largest absolute Gasteiger partial charge is 0.466 e. The number of alkyl halides is 3. The fourth-order valence-corrected chi connectivity index (χ4v) is 2.61. The third-order valence-electron chi connectivity index (χ3n) is 3.02. The Bertz CT molecular complexity index is 895. The van der Waals surface area contributed by atoms with Crippen LogP contribution in [-0.2, 0) is 20.5 Å². The highest BCUT2D eigenvalue weighted by molar-refractivity contribution is 8.18. The highest BCUT2D eigenvalue weighted by Gasteiger charge is 2.36. The van der Waals surface area contributed by atoms with Crippen molar-refractivity contribution in [2.75, 3.05) is 7.11 Å². The van der Waals surface area contributed by atoms with Crippen molar-refractivity contribution >= 4 is 40.7 Å². The molecule has 1 saturated heterocycles. The molecule has 0 radical (unpaired) electrons. The third kappa shape index (κ3) is 4.91. The molecule has 0 spiro atoms. The highest BCUT2D eigenvalue weighted by Crippen LogP contribution is 2.35. The molecule has 1 aromatic rings. The van der Waals surface area contributed by atoms with Crippen LogP contribution >= 0.6 is 11.8 Å². The van der Waals surface area contributed by atoms with Gasteiger partial charge in [-0.15, -0.1) is 5.10 Å². The average Bonchev–Trinajstić information content (AvgIpc) is 2.93. The Labute approximate surface area is 153 Å². The Morgan fingerprint density at radius 3 is 2.70 bits per heavy atom. The number of amides is 1. The minimum absolute atomic E-state index is 0.0579. The molecule has 0 saturated carbocycles. The van der Waals surface area contributed by atoms with Crippen molar-refractivity contribution in [3.63, 3.8) is 0 Å². The van der Waals surface area contributed by atoms with Crippen molar-refractivity contribution in [3.05, 3.63) is 50.4 Å². The second kappa shape index (κ2) is 7.99. The number of hydrogen-bond acceptors (Lipinski definition) is 8. The summed E-state index contributed by atoms with van der Waals surface area (Å²) in [5, 5.41) is 20.0. The molecule has 1 aliphatic rings. The number of halogens is 3. The van der Waals surface area contributed by atoms with Crippen molar-refractivity contribution in [1.82, 2.24) is 5.32 Å². The van der Waals surface area contributed by atoms with Crippen LogP contribution in [0.4, 0.5) is 18.9 Å². The van der Waals surface area contributed by atoms with E-state index in [4.69, 9.17) is 0 Å². The fourth-order valence-electron chi connectivity index (χ4n) is 1.88. The molecule has 1 aliphatic heterocycles. The topological polar surface area (TPSA) is 123 Å². The van der Waals surface area contributed by atoms with Gasteiger partial charge in [0.25, 0.3) is 11.6 Å². The SMILES string of the molecule is COC(=O)/C=C1/S/C(=N\N=Cc2c([N+](=O)[O-])cccc2C(F)(F)F)NC1=O.